The molecule has 6 nitrogen and oxygen atoms in total. The van der Waals surface area contributed by atoms with Crippen molar-refractivity contribution in [2.45, 2.75) is 30.3 Å². The first-order valence-electron chi connectivity index (χ1n) is 9.40. The number of carbonyl (C=O) groups excluding carboxylic acids is 2. The summed E-state index contributed by atoms with van der Waals surface area (Å²) in [7, 11) is 0. The number of rotatable bonds is 2. The van der Waals surface area contributed by atoms with Gasteiger partial charge in [0.25, 0.3) is 5.91 Å². The number of aryl methyl sites for hydroxylation is 1. The molecule has 28 heavy (non-hydrogen) atoms. The van der Waals surface area contributed by atoms with Gasteiger partial charge in [0, 0.05) is 36.5 Å². The molecule has 2 heterocycles. The van der Waals surface area contributed by atoms with Gasteiger partial charge in [-0.2, -0.15) is 0 Å². The largest absolute Gasteiger partial charge is 0.362 e. The zero-order valence-electron chi connectivity index (χ0n) is 16.0. The number of para-hydroxylation sites is 1. The van der Waals surface area contributed by atoms with Crippen LogP contribution in [0.25, 0.3) is 0 Å². The minimum absolute atomic E-state index is 0.0516. The highest BCUT2D eigenvalue weighted by Crippen LogP contribution is 2.33. The standard InChI is InChI=1S/C21H24N4O2S/c1-14-4-3-5-17-18(14)23-21(24-19(17)26)10-12-25(13-11-21)20(27)22-15-6-8-16(28-2)9-7-15/h3-9,23H,10-13H2,1-2H3,(H,22,27)(H,24,26). The third kappa shape index (κ3) is 3.54. The van der Waals surface area contributed by atoms with Crippen LogP contribution in [0.5, 0.6) is 0 Å². The number of fused-ring (bicyclic) bond motifs is 1. The maximum atomic E-state index is 12.6. The van der Waals surface area contributed by atoms with Gasteiger partial charge in [0.15, 0.2) is 0 Å². The molecule has 7 heteroatoms. The highest BCUT2D eigenvalue weighted by molar-refractivity contribution is 7.98. The fraction of sp³-hybridized carbons (Fsp3) is 0.333. The van der Waals surface area contributed by atoms with Gasteiger partial charge in [-0.25, -0.2) is 4.79 Å². The number of carbonyl (C=O) groups is 2. The SMILES string of the molecule is CSc1ccc(NC(=O)N2CCC3(CC2)NC(=O)c2cccc(C)c2N3)cc1. The lowest BCUT2D eigenvalue weighted by atomic mass is 9.91. The Morgan fingerprint density at radius 2 is 1.82 bits per heavy atom. The zero-order chi connectivity index (χ0) is 19.7. The van der Waals surface area contributed by atoms with E-state index in [0.717, 1.165) is 21.8 Å². The van der Waals surface area contributed by atoms with E-state index in [9.17, 15) is 9.59 Å². The van der Waals surface area contributed by atoms with Gasteiger partial charge in [-0.15, -0.1) is 11.8 Å². The molecule has 1 fully saturated rings. The molecule has 0 bridgehead atoms. The van der Waals surface area contributed by atoms with Gasteiger partial charge < -0.3 is 20.9 Å². The van der Waals surface area contributed by atoms with Crippen molar-refractivity contribution >= 4 is 35.1 Å². The summed E-state index contributed by atoms with van der Waals surface area (Å²) in [5.74, 6) is -0.0516. The van der Waals surface area contributed by atoms with Crippen LogP contribution in [0.15, 0.2) is 47.4 Å². The second-order valence-corrected chi connectivity index (χ2v) is 8.18. The first-order chi connectivity index (χ1) is 13.5. The Hall–Kier alpha value is -2.67. The van der Waals surface area contributed by atoms with E-state index in [2.05, 4.69) is 16.0 Å². The predicted molar refractivity (Wildman–Crippen MR) is 113 cm³/mol. The molecule has 2 aliphatic heterocycles. The Labute approximate surface area is 169 Å². The summed E-state index contributed by atoms with van der Waals surface area (Å²) in [5.41, 5.74) is 2.93. The van der Waals surface area contributed by atoms with Crippen LogP contribution in [-0.2, 0) is 0 Å². The number of likely N-dealkylation sites (tertiary alicyclic amines) is 1. The summed E-state index contributed by atoms with van der Waals surface area (Å²) in [5, 5.41) is 9.62. The topological polar surface area (TPSA) is 73.5 Å². The number of nitrogens with zero attached hydrogens (tertiary/aromatic N) is 1. The average Bonchev–Trinajstić information content (AvgIpc) is 2.70. The molecule has 3 N–H and O–H groups in total. The molecular weight excluding hydrogens is 372 g/mol. The Balaban J connectivity index is 1.41. The number of amides is 3. The molecule has 2 aromatic carbocycles. The average molecular weight is 397 g/mol. The third-order valence-corrected chi connectivity index (χ3v) is 6.22. The molecule has 0 radical (unpaired) electrons. The van der Waals surface area contributed by atoms with Gasteiger partial charge in [-0.3, -0.25) is 4.79 Å². The van der Waals surface area contributed by atoms with Crippen molar-refractivity contribution in [3.63, 3.8) is 0 Å². The number of piperidine rings is 1. The van der Waals surface area contributed by atoms with Crippen LogP contribution in [0.1, 0.15) is 28.8 Å². The number of hydrogen-bond acceptors (Lipinski definition) is 4. The van der Waals surface area contributed by atoms with Crippen LogP contribution in [0.4, 0.5) is 16.2 Å². The molecule has 1 saturated heterocycles. The van der Waals surface area contributed by atoms with E-state index >= 15 is 0 Å². The molecule has 0 aliphatic carbocycles. The Kier molecular flexibility index (Phi) is 4.93. The molecular formula is C21H24N4O2S. The molecule has 2 aromatic rings. The van der Waals surface area contributed by atoms with Crippen LogP contribution < -0.4 is 16.0 Å². The Morgan fingerprint density at radius 3 is 2.50 bits per heavy atom. The summed E-state index contributed by atoms with van der Waals surface area (Å²) in [6.45, 7) is 3.15. The van der Waals surface area contributed by atoms with Crippen molar-refractivity contribution in [2.24, 2.45) is 0 Å². The summed E-state index contributed by atoms with van der Waals surface area (Å²) in [4.78, 5) is 28.1. The maximum absolute atomic E-state index is 12.6. The molecule has 0 unspecified atom stereocenters. The molecule has 2 aliphatic rings. The van der Waals surface area contributed by atoms with E-state index in [1.807, 2.05) is 55.6 Å². The first kappa shape index (κ1) is 18.7. The van der Waals surface area contributed by atoms with E-state index in [0.29, 0.717) is 31.5 Å². The van der Waals surface area contributed by atoms with Gasteiger partial charge in [0.2, 0.25) is 0 Å². The quantitative estimate of drug-likeness (QED) is 0.673. The van der Waals surface area contributed by atoms with Crippen molar-refractivity contribution in [2.75, 3.05) is 30.0 Å². The maximum Gasteiger partial charge on any atom is 0.321 e. The number of benzene rings is 2. The van der Waals surface area contributed by atoms with Crippen LogP contribution in [0.2, 0.25) is 0 Å². The van der Waals surface area contributed by atoms with Crippen molar-refractivity contribution in [1.82, 2.24) is 10.2 Å². The summed E-state index contributed by atoms with van der Waals surface area (Å²) in [6.07, 6.45) is 3.34. The van der Waals surface area contributed by atoms with E-state index in [4.69, 9.17) is 0 Å². The molecule has 0 saturated carbocycles. The van der Waals surface area contributed by atoms with Gasteiger partial charge in [0.05, 0.1) is 11.3 Å². The fourth-order valence-corrected chi connectivity index (χ4v) is 4.20. The Morgan fingerprint density at radius 1 is 1.11 bits per heavy atom. The van der Waals surface area contributed by atoms with Crippen LogP contribution in [-0.4, -0.2) is 41.8 Å². The normalized spacial score (nSPS) is 17.5. The van der Waals surface area contributed by atoms with E-state index in [-0.39, 0.29) is 11.9 Å². The predicted octanol–water partition coefficient (Wildman–Crippen LogP) is 3.90. The highest BCUT2D eigenvalue weighted by Gasteiger charge is 2.41. The fourth-order valence-electron chi connectivity index (χ4n) is 3.80. The second-order valence-electron chi connectivity index (χ2n) is 7.30. The zero-order valence-corrected chi connectivity index (χ0v) is 16.9. The smallest absolute Gasteiger partial charge is 0.321 e. The lowest BCUT2D eigenvalue weighted by molar-refractivity contribution is 0.0851. The number of thioether (sulfide) groups is 1. The molecule has 4 rings (SSSR count). The van der Waals surface area contributed by atoms with Crippen molar-refractivity contribution in [1.29, 1.82) is 0 Å². The molecule has 146 valence electrons. The van der Waals surface area contributed by atoms with Crippen LogP contribution in [0.3, 0.4) is 0 Å². The number of anilines is 2. The van der Waals surface area contributed by atoms with Gasteiger partial charge in [0.1, 0.15) is 5.66 Å². The van der Waals surface area contributed by atoms with Crippen molar-refractivity contribution in [3.05, 3.63) is 53.6 Å². The minimum atomic E-state index is -0.493. The number of nitrogens with one attached hydrogen (secondary N) is 3. The minimum Gasteiger partial charge on any atom is -0.362 e. The third-order valence-electron chi connectivity index (χ3n) is 5.48. The van der Waals surface area contributed by atoms with Gasteiger partial charge >= 0.3 is 6.03 Å². The van der Waals surface area contributed by atoms with Crippen molar-refractivity contribution < 1.29 is 9.59 Å². The lowest BCUT2D eigenvalue weighted by Crippen LogP contribution is -2.63. The highest BCUT2D eigenvalue weighted by atomic mass is 32.2. The number of hydrogen-bond donors (Lipinski definition) is 3. The van der Waals surface area contributed by atoms with Crippen LogP contribution in [0, 0.1) is 6.92 Å². The monoisotopic (exact) mass is 396 g/mol. The summed E-state index contributed by atoms with van der Waals surface area (Å²) < 4.78 is 0. The van der Waals surface area contributed by atoms with Crippen molar-refractivity contribution in [3.8, 4) is 0 Å². The number of urea groups is 1. The van der Waals surface area contributed by atoms with Gasteiger partial charge in [-0.05, 0) is 49.1 Å². The molecule has 0 atom stereocenters. The lowest BCUT2D eigenvalue weighted by Gasteiger charge is -2.46. The molecule has 1 spiro atoms. The first-order valence-corrected chi connectivity index (χ1v) is 10.6. The molecule has 0 aromatic heterocycles. The summed E-state index contributed by atoms with van der Waals surface area (Å²) in [6, 6.07) is 13.4. The van der Waals surface area contributed by atoms with Gasteiger partial charge in [-0.1, -0.05) is 12.1 Å². The Bertz CT molecular complexity index is 905. The summed E-state index contributed by atoms with van der Waals surface area (Å²) >= 11 is 1.67. The van der Waals surface area contributed by atoms with Crippen LogP contribution >= 0.6 is 11.8 Å². The van der Waals surface area contributed by atoms with E-state index in [1.54, 1.807) is 16.7 Å². The second kappa shape index (κ2) is 7.39. The van der Waals surface area contributed by atoms with E-state index < -0.39 is 5.66 Å². The van der Waals surface area contributed by atoms with E-state index in [1.165, 1.54) is 0 Å². The molecule has 3 amide bonds.